The molecule has 0 bridgehead atoms. The van der Waals surface area contributed by atoms with Crippen LogP contribution in [0.25, 0.3) is 0 Å². The number of hydrogen-bond acceptors (Lipinski definition) is 3. The van der Waals surface area contributed by atoms with Crippen molar-refractivity contribution in [1.82, 2.24) is 4.90 Å². The molecule has 0 saturated carbocycles. The van der Waals surface area contributed by atoms with Gasteiger partial charge in [0, 0.05) is 23.5 Å². The number of rotatable bonds is 5. The maximum atomic E-state index is 13.2. The summed E-state index contributed by atoms with van der Waals surface area (Å²) in [6, 6.07) is 24.1. The van der Waals surface area contributed by atoms with E-state index in [0.29, 0.717) is 13.2 Å². The zero-order chi connectivity index (χ0) is 20.9. The van der Waals surface area contributed by atoms with Crippen LogP contribution in [0.15, 0.2) is 72.8 Å². The Morgan fingerprint density at radius 2 is 1.70 bits per heavy atom. The molecule has 1 fully saturated rings. The molecule has 1 atom stereocenters. The number of hydrogen-bond donors (Lipinski definition) is 1. The van der Waals surface area contributed by atoms with Gasteiger partial charge in [-0.1, -0.05) is 66.7 Å². The van der Waals surface area contributed by atoms with E-state index in [4.69, 9.17) is 4.74 Å². The SMILES string of the molecule is Cc1cccc(C)c1NC(=O)N1CCSC1c1ccccc1OCc1ccccc1. The lowest BCUT2D eigenvalue weighted by molar-refractivity contribution is 0.213. The van der Waals surface area contributed by atoms with E-state index in [9.17, 15) is 4.79 Å². The fraction of sp³-hybridized carbons (Fsp3) is 0.240. The first kappa shape index (κ1) is 20.4. The minimum Gasteiger partial charge on any atom is -0.489 e. The molecule has 1 aliphatic rings. The second-order valence-corrected chi connectivity index (χ2v) is 8.61. The second kappa shape index (κ2) is 9.26. The average Bonchev–Trinajstić information content (AvgIpc) is 3.26. The van der Waals surface area contributed by atoms with Crippen LogP contribution in [-0.4, -0.2) is 23.2 Å². The topological polar surface area (TPSA) is 41.6 Å². The zero-order valence-corrected chi connectivity index (χ0v) is 18.1. The third kappa shape index (κ3) is 4.46. The molecule has 1 unspecified atom stereocenters. The summed E-state index contributed by atoms with van der Waals surface area (Å²) in [4.78, 5) is 15.1. The smallest absolute Gasteiger partial charge is 0.323 e. The van der Waals surface area contributed by atoms with Crippen molar-refractivity contribution in [2.75, 3.05) is 17.6 Å². The van der Waals surface area contributed by atoms with E-state index in [0.717, 1.165) is 39.4 Å². The fourth-order valence-corrected chi connectivity index (χ4v) is 4.96. The molecule has 1 aliphatic heterocycles. The molecule has 4 nitrogen and oxygen atoms in total. The lowest BCUT2D eigenvalue weighted by Gasteiger charge is -2.26. The number of para-hydroxylation sites is 2. The first-order chi connectivity index (χ1) is 14.6. The van der Waals surface area contributed by atoms with Gasteiger partial charge in [-0.25, -0.2) is 4.79 Å². The van der Waals surface area contributed by atoms with Crippen LogP contribution < -0.4 is 10.1 Å². The Bertz CT molecular complexity index is 1000. The van der Waals surface area contributed by atoms with Crippen LogP contribution in [0.5, 0.6) is 5.75 Å². The molecule has 1 saturated heterocycles. The molecule has 1 heterocycles. The van der Waals surface area contributed by atoms with Crippen LogP contribution in [-0.2, 0) is 6.61 Å². The van der Waals surface area contributed by atoms with Gasteiger partial charge >= 0.3 is 6.03 Å². The van der Waals surface area contributed by atoms with Gasteiger partial charge in [0.15, 0.2) is 0 Å². The normalized spacial score (nSPS) is 15.8. The molecule has 0 aliphatic carbocycles. The highest BCUT2D eigenvalue weighted by atomic mass is 32.2. The molecule has 154 valence electrons. The summed E-state index contributed by atoms with van der Waals surface area (Å²) in [7, 11) is 0. The van der Waals surface area contributed by atoms with Crippen molar-refractivity contribution >= 4 is 23.5 Å². The quantitative estimate of drug-likeness (QED) is 0.539. The molecule has 0 radical (unpaired) electrons. The number of carbonyl (C=O) groups excluding carboxylic acids is 1. The highest BCUT2D eigenvalue weighted by Crippen LogP contribution is 2.42. The first-order valence-electron chi connectivity index (χ1n) is 10.1. The first-order valence-corrected chi connectivity index (χ1v) is 11.2. The maximum absolute atomic E-state index is 13.2. The Labute approximate surface area is 182 Å². The van der Waals surface area contributed by atoms with Crippen molar-refractivity contribution < 1.29 is 9.53 Å². The van der Waals surface area contributed by atoms with Gasteiger partial charge in [-0.2, -0.15) is 0 Å². The van der Waals surface area contributed by atoms with E-state index in [2.05, 4.69) is 23.5 Å². The third-order valence-electron chi connectivity index (χ3n) is 5.29. The molecule has 3 aromatic rings. The number of nitrogens with one attached hydrogen (secondary N) is 1. The standard InChI is InChI=1S/C25H26N2O2S/c1-18-9-8-10-19(2)23(18)26-25(28)27-15-16-30-24(27)21-13-6-7-14-22(21)29-17-20-11-4-3-5-12-20/h3-14,24H,15-17H2,1-2H3,(H,26,28). The van der Waals surface area contributed by atoms with Crippen LogP contribution in [0.4, 0.5) is 10.5 Å². The van der Waals surface area contributed by atoms with Gasteiger partial charge in [-0.3, -0.25) is 0 Å². The van der Waals surface area contributed by atoms with Crippen LogP contribution in [0.3, 0.4) is 0 Å². The monoisotopic (exact) mass is 418 g/mol. The molecule has 5 heteroatoms. The number of amides is 2. The number of benzene rings is 3. The van der Waals surface area contributed by atoms with Crippen molar-refractivity contribution in [1.29, 1.82) is 0 Å². The molecule has 2 amide bonds. The van der Waals surface area contributed by atoms with Gasteiger partial charge in [0.2, 0.25) is 0 Å². The number of carbonyl (C=O) groups is 1. The van der Waals surface area contributed by atoms with E-state index in [1.165, 1.54) is 0 Å². The summed E-state index contributed by atoms with van der Waals surface area (Å²) in [5.41, 5.74) is 5.19. The molecule has 0 spiro atoms. The molecule has 4 rings (SSSR count). The van der Waals surface area contributed by atoms with Gasteiger partial charge in [-0.05, 0) is 36.6 Å². The Balaban J connectivity index is 1.53. The average molecular weight is 419 g/mol. The lowest BCUT2D eigenvalue weighted by Crippen LogP contribution is -2.34. The number of ether oxygens (including phenoxy) is 1. The summed E-state index contributed by atoms with van der Waals surface area (Å²) < 4.78 is 6.15. The van der Waals surface area contributed by atoms with Gasteiger partial charge in [0.1, 0.15) is 17.7 Å². The summed E-state index contributed by atoms with van der Waals surface area (Å²) in [6.07, 6.45) is 0. The van der Waals surface area contributed by atoms with Crippen molar-refractivity contribution in [3.63, 3.8) is 0 Å². The van der Waals surface area contributed by atoms with Crippen LogP contribution in [0.1, 0.15) is 27.6 Å². The fourth-order valence-electron chi connectivity index (χ4n) is 3.68. The van der Waals surface area contributed by atoms with Gasteiger partial charge in [-0.15, -0.1) is 11.8 Å². The van der Waals surface area contributed by atoms with Crippen molar-refractivity contribution in [2.24, 2.45) is 0 Å². The molecule has 1 N–H and O–H groups in total. The molecule has 0 aromatic heterocycles. The highest BCUT2D eigenvalue weighted by Gasteiger charge is 2.33. The second-order valence-electron chi connectivity index (χ2n) is 7.43. The molecular formula is C25H26N2O2S. The Morgan fingerprint density at radius 1 is 1.00 bits per heavy atom. The van der Waals surface area contributed by atoms with Crippen LogP contribution in [0, 0.1) is 13.8 Å². The van der Waals surface area contributed by atoms with E-state index in [1.807, 2.05) is 73.3 Å². The molecular weight excluding hydrogens is 392 g/mol. The van der Waals surface area contributed by atoms with Crippen LogP contribution >= 0.6 is 11.8 Å². The summed E-state index contributed by atoms with van der Waals surface area (Å²) in [6.45, 7) is 5.25. The Kier molecular flexibility index (Phi) is 6.29. The number of thioether (sulfide) groups is 1. The summed E-state index contributed by atoms with van der Waals surface area (Å²) in [5, 5.41) is 3.06. The number of nitrogens with zero attached hydrogens (tertiary/aromatic N) is 1. The number of aryl methyl sites for hydroxylation is 2. The number of urea groups is 1. The van der Waals surface area contributed by atoms with Crippen molar-refractivity contribution in [3.05, 3.63) is 95.1 Å². The van der Waals surface area contributed by atoms with Crippen molar-refractivity contribution in [2.45, 2.75) is 25.8 Å². The molecule has 3 aromatic carbocycles. The summed E-state index contributed by atoms with van der Waals surface area (Å²) in [5.74, 6) is 1.73. The third-order valence-corrected chi connectivity index (χ3v) is 6.53. The van der Waals surface area contributed by atoms with E-state index in [1.54, 1.807) is 11.8 Å². The highest BCUT2D eigenvalue weighted by molar-refractivity contribution is 7.99. The maximum Gasteiger partial charge on any atom is 0.323 e. The Hall–Kier alpha value is -2.92. The largest absolute Gasteiger partial charge is 0.489 e. The zero-order valence-electron chi connectivity index (χ0n) is 17.3. The number of anilines is 1. The predicted octanol–water partition coefficient (Wildman–Crippen LogP) is 6.16. The minimum atomic E-state index is -0.0692. The minimum absolute atomic E-state index is 0.0682. The van der Waals surface area contributed by atoms with E-state index in [-0.39, 0.29) is 11.4 Å². The van der Waals surface area contributed by atoms with E-state index < -0.39 is 0 Å². The van der Waals surface area contributed by atoms with Gasteiger partial charge < -0.3 is 15.0 Å². The van der Waals surface area contributed by atoms with Crippen LogP contribution in [0.2, 0.25) is 0 Å². The van der Waals surface area contributed by atoms with Gasteiger partial charge in [0.05, 0.1) is 0 Å². The van der Waals surface area contributed by atoms with Gasteiger partial charge in [0.25, 0.3) is 0 Å². The summed E-state index contributed by atoms with van der Waals surface area (Å²) >= 11 is 1.77. The van der Waals surface area contributed by atoms with Crippen molar-refractivity contribution in [3.8, 4) is 5.75 Å². The predicted molar refractivity (Wildman–Crippen MR) is 124 cm³/mol. The van der Waals surface area contributed by atoms with E-state index >= 15 is 0 Å². The lowest BCUT2D eigenvalue weighted by atomic mass is 10.1. The Morgan fingerprint density at radius 3 is 2.47 bits per heavy atom. The molecule has 30 heavy (non-hydrogen) atoms.